The van der Waals surface area contributed by atoms with Crippen LogP contribution in [-0.2, 0) is 8.85 Å². The minimum Gasteiger partial charge on any atom is -0.493 e. The summed E-state index contributed by atoms with van der Waals surface area (Å²) >= 11 is 2.91. The van der Waals surface area contributed by atoms with Crippen LogP contribution >= 0.6 is 22.7 Å². The number of carbonyl (C=O) groups excluding carboxylic acids is 2. The van der Waals surface area contributed by atoms with Gasteiger partial charge in [-0.25, -0.2) is 0 Å². The Kier molecular flexibility index (Phi) is 25.3. The standard InChI is InChI=1S/C52H61NO4SSi2.C20H25NO4S/c1-51(2,3)59(46-22-12-8-13-23-46,47-24-14-9-15-25-47)56-38-21-20-37-55-50-40-43(32-30-42(50)31-33-44-34-35-45(41-54)58-44)53(7)36-39-57-60(52(4,5)6,48-26-16-10-17-27-48)49-28-18-11-19-29-49;1-21(10-12-23)17-6-4-16(20(14-17)25-13-3-2-11-22)5-7-18-8-9-19(15-24)26-18/h8-19,22-35,40-41H,20-21,36-39H2,1-7H3;4-9,14-15,22-23H,2-3,10-13H2,1H3/b33-31+;7-5+. The molecule has 8 aromatic rings. The molecule has 0 unspecified atom stereocenters. The monoisotopic (exact) mass is 1230 g/mol. The van der Waals surface area contributed by atoms with Gasteiger partial charge in [0.25, 0.3) is 16.6 Å². The lowest BCUT2D eigenvalue weighted by atomic mass is 10.1. The first-order valence-electron chi connectivity index (χ1n) is 29.7. The van der Waals surface area contributed by atoms with Crippen molar-refractivity contribution in [1.82, 2.24) is 0 Å². The van der Waals surface area contributed by atoms with Crippen molar-refractivity contribution in [3.63, 3.8) is 0 Å². The lowest BCUT2D eigenvalue weighted by molar-refractivity contribution is 0.111. The number of unbranched alkanes of at least 4 members (excludes halogenated alkanes) is 2. The zero-order valence-electron chi connectivity index (χ0n) is 51.3. The molecule has 2 N–H and O–H groups in total. The topological polar surface area (TPSA) is 118 Å². The highest BCUT2D eigenvalue weighted by atomic mass is 32.1. The van der Waals surface area contributed by atoms with Crippen LogP contribution < -0.4 is 40.0 Å². The molecule has 2 heterocycles. The zero-order chi connectivity index (χ0) is 61.4. The van der Waals surface area contributed by atoms with E-state index in [9.17, 15) is 9.59 Å². The maximum atomic E-state index is 11.4. The SMILES string of the molecule is CN(CCO)c1ccc(/C=C/c2ccc(C=O)s2)c(OCCCCO)c1.CN(CCO[Si](c1ccccc1)(c1ccccc1)C(C)(C)C)c1ccc(/C=C/c2ccc(C=O)s2)c(OCCCCO[Si](c2ccccc2)(c2ccccc2)C(C)(C)C)c1. The van der Waals surface area contributed by atoms with Crippen LogP contribution in [0.15, 0.2) is 182 Å². The van der Waals surface area contributed by atoms with Crippen LogP contribution in [0.5, 0.6) is 11.5 Å². The van der Waals surface area contributed by atoms with E-state index < -0.39 is 16.6 Å². The van der Waals surface area contributed by atoms with Crippen LogP contribution in [0.1, 0.15) is 107 Å². The quantitative estimate of drug-likeness (QED) is 0.0256. The molecule has 0 saturated heterocycles. The number of rotatable bonds is 30. The molecular weight excluding hydrogens is 1140 g/mol. The molecule has 0 aliphatic carbocycles. The number of hydrogen-bond acceptors (Lipinski definition) is 12. The summed E-state index contributed by atoms with van der Waals surface area (Å²) in [6.07, 6.45) is 13.0. The van der Waals surface area contributed by atoms with Crippen molar-refractivity contribution in [2.75, 3.05) is 76.6 Å². The fourth-order valence-corrected chi connectivity index (χ4v) is 21.3. The van der Waals surface area contributed by atoms with E-state index in [0.717, 1.165) is 75.6 Å². The second-order valence-corrected chi connectivity index (χ2v) is 34.2. The van der Waals surface area contributed by atoms with Gasteiger partial charge in [0.2, 0.25) is 0 Å². The minimum absolute atomic E-state index is 0.0699. The number of nitrogens with zero attached hydrogens (tertiary/aromatic N) is 2. The number of carbonyl (C=O) groups is 2. The Bertz CT molecular complexity index is 3300. The molecule has 86 heavy (non-hydrogen) atoms. The summed E-state index contributed by atoms with van der Waals surface area (Å²) in [4.78, 5) is 29.8. The van der Waals surface area contributed by atoms with Crippen LogP contribution in [-0.4, -0.2) is 106 Å². The van der Waals surface area contributed by atoms with Gasteiger partial charge in [0.05, 0.1) is 36.2 Å². The van der Waals surface area contributed by atoms with Gasteiger partial charge in [-0.2, -0.15) is 0 Å². The number of thiophene rings is 2. The van der Waals surface area contributed by atoms with Crippen LogP contribution in [0, 0.1) is 0 Å². The molecule has 452 valence electrons. The number of hydrogen-bond donors (Lipinski definition) is 2. The Hall–Kier alpha value is -6.99. The molecule has 14 heteroatoms. The van der Waals surface area contributed by atoms with Gasteiger partial charge in [-0.05, 0) is 129 Å². The third kappa shape index (κ3) is 17.6. The van der Waals surface area contributed by atoms with Crippen LogP contribution in [0.2, 0.25) is 10.1 Å². The van der Waals surface area contributed by atoms with Gasteiger partial charge in [-0.3, -0.25) is 9.59 Å². The van der Waals surface area contributed by atoms with E-state index in [2.05, 4.69) is 205 Å². The fourth-order valence-electron chi connectivity index (χ4n) is 10.7. The molecule has 6 aromatic carbocycles. The molecule has 2 aromatic heterocycles. The van der Waals surface area contributed by atoms with E-state index >= 15 is 0 Å². The number of aldehydes is 2. The van der Waals surface area contributed by atoms with Gasteiger partial charge in [-0.15, -0.1) is 22.7 Å². The summed E-state index contributed by atoms with van der Waals surface area (Å²) in [7, 11) is -1.22. The predicted molar refractivity (Wildman–Crippen MR) is 367 cm³/mol. The molecular formula is C72H86N2O8S2Si2. The number of likely N-dealkylation sites (N-methyl/N-ethyl adjacent to an activating group) is 2. The minimum atomic E-state index is -2.66. The fraction of sp³-hybridized carbons (Fsp3) is 0.306. The highest BCUT2D eigenvalue weighted by Crippen LogP contribution is 2.39. The molecule has 0 aliphatic heterocycles. The van der Waals surface area contributed by atoms with Gasteiger partial charge in [0.1, 0.15) is 11.5 Å². The van der Waals surface area contributed by atoms with Crippen molar-refractivity contribution >= 4 is 108 Å². The van der Waals surface area contributed by atoms with Crippen molar-refractivity contribution < 1.29 is 38.1 Å². The summed E-state index contributed by atoms with van der Waals surface area (Å²) in [5.74, 6) is 1.58. The van der Waals surface area contributed by atoms with Crippen molar-refractivity contribution in [3.8, 4) is 11.5 Å². The van der Waals surface area contributed by atoms with Crippen molar-refractivity contribution in [2.24, 2.45) is 0 Å². The summed E-state index contributed by atoms with van der Waals surface area (Å²) in [5, 5.41) is 23.0. The lowest BCUT2D eigenvalue weighted by Gasteiger charge is -2.43. The molecule has 0 aliphatic rings. The van der Waals surface area contributed by atoms with E-state index in [-0.39, 0.29) is 23.3 Å². The van der Waals surface area contributed by atoms with Crippen LogP contribution in [0.3, 0.4) is 0 Å². The third-order valence-electron chi connectivity index (χ3n) is 15.2. The van der Waals surface area contributed by atoms with E-state index in [1.807, 2.05) is 60.5 Å². The van der Waals surface area contributed by atoms with Crippen LogP contribution in [0.4, 0.5) is 11.4 Å². The molecule has 0 atom stereocenters. The van der Waals surface area contributed by atoms with Gasteiger partial charge < -0.3 is 38.3 Å². The summed E-state index contributed by atoms with van der Waals surface area (Å²) in [5.41, 5.74) is 3.95. The average molecular weight is 1230 g/mol. The Morgan fingerprint density at radius 1 is 0.419 bits per heavy atom. The molecule has 8 rings (SSSR count). The van der Waals surface area contributed by atoms with Gasteiger partial charge >= 0.3 is 0 Å². The Labute approximate surface area is 521 Å². The van der Waals surface area contributed by atoms with E-state index in [1.54, 1.807) is 6.07 Å². The Balaban J connectivity index is 0.000000339. The van der Waals surface area contributed by atoms with Crippen LogP contribution in [0.25, 0.3) is 24.3 Å². The number of aliphatic hydroxyl groups excluding tert-OH is 2. The number of ether oxygens (including phenoxy) is 2. The molecule has 0 amide bonds. The number of aliphatic hydroxyl groups is 2. The van der Waals surface area contributed by atoms with Gasteiger partial charge in [0, 0.05) is 84.8 Å². The first kappa shape index (κ1) is 66.5. The number of benzene rings is 6. The molecule has 0 spiro atoms. The zero-order valence-corrected chi connectivity index (χ0v) is 55.0. The van der Waals surface area contributed by atoms with E-state index in [4.69, 9.17) is 28.5 Å². The van der Waals surface area contributed by atoms with E-state index in [0.29, 0.717) is 55.7 Å². The normalized spacial score (nSPS) is 12.0. The maximum absolute atomic E-state index is 11.4. The average Bonchev–Trinajstić information content (AvgIpc) is 1.34. The number of anilines is 2. The third-order valence-corrected chi connectivity index (χ3v) is 27.2. The molecule has 0 saturated carbocycles. The second-order valence-electron chi connectivity index (χ2n) is 23.3. The van der Waals surface area contributed by atoms with Gasteiger partial charge in [-0.1, -0.05) is 163 Å². The highest BCUT2D eigenvalue weighted by molar-refractivity contribution is 7.14. The molecule has 0 fully saturated rings. The van der Waals surface area contributed by atoms with Gasteiger partial charge in [0.15, 0.2) is 12.6 Å². The highest BCUT2D eigenvalue weighted by Gasteiger charge is 2.51. The largest absolute Gasteiger partial charge is 0.493 e. The van der Waals surface area contributed by atoms with Crippen molar-refractivity contribution in [1.29, 1.82) is 0 Å². The summed E-state index contributed by atoms with van der Waals surface area (Å²) in [6, 6.07) is 63.2. The first-order chi connectivity index (χ1) is 41.6. The maximum Gasteiger partial charge on any atom is 0.261 e. The molecule has 0 radical (unpaired) electrons. The second kappa shape index (κ2) is 32.7. The predicted octanol–water partition coefficient (Wildman–Crippen LogP) is 13.8. The first-order valence-corrected chi connectivity index (χ1v) is 35.2. The smallest absolute Gasteiger partial charge is 0.261 e. The Morgan fingerprint density at radius 2 is 0.779 bits per heavy atom. The Morgan fingerprint density at radius 3 is 1.14 bits per heavy atom. The summed E-state index contributed by atoms with van der Waals surface area (Å²) in [6.45, 7) is 17.7. The molecule has 10 nitrogen and oxygen atoms in total. The lowest BCUT2D eigenvalue weighted by Crippen LogP contribution is -2.67. The van der Waals surface area contributed by atoms with E-state index in [1.165, 1.54) is 43.4 Å². The molecule has 0 bridgehead atoms. The summed E-state index contributed by atoms with van der Waals surface area (Å²) < 4.78 is 27.0. The van der Waals surface area contributed by atoms with Crippen molar-refractivity contribution in [3.05, 3.63) is 213 Å². The van der Waals surface area contributed by atoms with Crippen molar-refractivity contribution in [2.45, 2.75) is 77.3 Å².